The van der Waals surface area contributed by atoms with Crippen LogP contribution in [0.2, 0.25) is 0 Å². The van der Waals surface area contributed by atoms with Crippen LogP contribution < -0.4 is 10.9 Å². The zero-order valence-corrected chi connectivity index (χ0v) is 16.5. The van der Waals surface area contributed by atoms with E-state index in [1.165, 1.54) is 30.6 Å². The number of rotatable bonds is 5. The van der Waals surface area contributed by atoms with E-state index in [4.69, 9.17) is 4.74 Å². The zero-order chi connectivity index (χ0) is 21.5. The van der Waals surface area contributed by atoms with Gasteiger partial charge < -0.3 is 10.1 Å². The number of hydrogen-bond acceptors (Lipinski definition) is 6. The lowest BCUT2D eigenvalue weighted by Gasteiger charge is -2.34. The molecule has 0 aliphatic carbocycles. The van der Waals surface area contributed by atoms with E-state index < -0.39 is 23.3 Å². The normalized spacial score (nSPS) is 17.6. The minimum absolute atomic E-state index is 0.193. The number of H-pyrrole nitrogens is 1. The maximum absolute atomic E-state index is 14.3. The molecular weight excluding hydrogens is 406 g/mol. The molecule has 2 aromatic heterocycles. The van der Waals surface area contributed by atoms with Crippen molar-refractivity contribution in [2.75, 3.05) is 19.0 Å². The lowest BCUT2D eigenvalue weighted by molar-refractivity contribution is 0.181. The average molecular weight is 424 g/mol. The Kier molecular flexibility index (Phi) is 4.70. The first-order valence-electron chi connectivity index (χ1n) is 9.67. The summed E-state index contributed by atoms with van der Waals surface area (Å²) in [6.45, 7) is 0.884. The minimum atomic E-state index is -0.544. The van der Waals surface area contributed by atoms with Gasteiger partial charge in [-0.05, 0) is 29.8 Å². The monoisotopic (exact) mass is 424 g/mol. The number of halogens is 2. The summed E-state index contributed by atoms with van der Waals surface area (Å²) in [7, 11) is 1.60. The molecule has 0 radical (unpaired) electrons. The molecule has 2 N–H and O–H groups in total. The van der Waals surface area contributed by atoms with Crippen LogP contribution >= 0.6 is 0 Å². The highest BCUT2D eigenvalue weighted by molar-refractivity contribution is 5.97. The topological polar surface area (TPSA) is 97.7 Å². The number of nitrogens with one attached hydrogen (secondary N) is 2. The van der Waals surface area contributed by atoms with Crippen LogP contribution in [0.15, 0.2) is 47.5 Å². The summed E-state index contributed by atoms with van der Waals surface area (Å²) in [5, 5.41) is 15.1. The van der Waals surface area contributed by atoms with Gasteiger partial charge in [0.05, 0.1) is 36.2 Å². The van der Waals surface area contributed by atoms with Gasteiger partial charge in [0.15, 0.2) is 0 Å². The fourth-order valence-electron chi connectivity index (χ4n) is 4.12. The SMILES string of the molecule is COCCn1ncnc1C1c2n[nH]c(=O)c3cc(F)cc(c23)NC1c1ccc(F)cc1. The van der Waals surface area contributed by atoms with Crippen molar-refractivity contribution >= 4 is 16.5 Å². The third-order valence-corrected chi connectivity index (χ3v) is 5.48. The minimum Gasteiger partial charge on any atom is -0.383 e. The van der Waals surface area contributed by atoms with Gasteiger partial charge in [0.1, 0.15) is 23.8 Å². The first-order chi connectivity index (χ1) is 15.1. The van der Waals surface area contributed by atoms with E-state index in [1.807, 2.05) is 0 Å². The fourth-order valence-corrected chi connectivity index (χ4v) is 4.12. The number of hydrogen-bond donors (Lipinski definition) is 2. The maximum Gasteiger partial charge on any atom is 0.272 e. The summed E-state index contributed by atoms with van der Waals surface area (Å²) in [4.78, 5) is 16.8. The van der Waals surface area contributed by atoms with Gasteiger partial charge in [-0.2, -0.15) is 10.2 Å². The van der Waals surface area contributed by atoms with E-state index in [2.05, 4.69) is 25.6 Å². The second-order valence-electron chi connectivity index (χ2n) is 7.30. The number of methoxy groups -OCH3 is 1. The molecule has 0 saturated heterocycles. The molecular formula is C21H18F2N6O2. The number of aromatic amines is 1. The predicted octanol–water partition coefficient (Wildman–Crippen LogP) is 2.74. The Bertz CT molecular complexity index is 1320. The van der Waals surface area contributed by atoms with Crippen LogP contribution in [-0.2, 0) is 11.3 Å². The number of aromatic nitrogens is 5. The van der Waals surface area contributed by atoms with Crippen molar-refractivity contribution in [3.05, 3.63) is 81.8 Å². The number of anilines is 1. The van der Waals surface area contributed by atoms with Crippen LogP contribution in [-0.4, -0.2) is 38.7 Å². The van der Waals surface area contributed by atoms with Gasteiger partial charge in [0.2, 0.25) is 0 Å². The van der Waals surface area contributed by atoms with Crippen LogP contribution in [0, 0.1) is 11.6 Å². The third kappa shape index (κ3) is 3.25. The fraction of sp³-hybridized carbons (Fsp3) is 0.238. The third-order valence-electron chi connectivity index (χ3n) is 5.48. The zero-order valence-electron chi connectivity index (χ0n) is 16.5. The van der Waals surface area contributed by atoms with Crippen molar-refractivity contribution in [2.24, 2.45) is 0 Å². The Labute approximate surface area is 174 Å². The van der Waals surface area contributed by atoms with Gasteiger partial charge in [-0.3, -0.25) is 4.79 Å². The molecule has 158 valence electrons. The lowest BCUT2D eigenvalue weighted by atomic mass is 9.83. The molecule has 8 nitrogen and oxygen atoms in total. The van der Waals surface area contributed by atoms with Crippen LogP contribution in [0.3, 0.4) is 0 Å². The van der Waals surface area contributed by atoms with E-state index in [1.54, 1.807) is 23.9 Å². The highest BCUT2D eigenvalue weighted by Crippen LogP contribution is 2.45. The average Bonchev–Trinajstić information content (AvgIpc) is 3.22. The molecule has 2 aromatic carbocycles. The molecule has 31 heavy (non-hydrogen) atoms. The highest BCUT2D eigenvalue weighted by Gasteiger charge is 2.38. The highest BCUT2D eigenvalue weighted by atomic mass is 19.1. The summed E-state index contributed by atoms with van der Waals surface area (Å²) in [6, 6.07) is 8.10. The van der Waals surface area contributed by atoms with E-state index in [0.717, 1.165) is 5.56 Å². The Balaban J connectivity index is 1.76. The summed E-state index contributed by atoms with van der Waals surface area (Å²) in [5.74, 6) is -0.801. The Morgan fingerprint density at radius 1 is 1.16 bits per heavy atom. The van der Waals surface area contributed by atoms with E-state index in [0.29, 0.717) is 35.7 Å². The van der Waals surface area contributed by atoms with Crippen LogP contribution in [0.25, 0.3) is 10.8 Å². The van der Waals surface area contributed by atoms with Crippen molar-refractivity contribution in [3.63, 3.8) is 0 Å². The van der Waals surface area contributed by atoms with Crippen LogP contribution in [0.4, 0.5) is 14.5 Å². The second kappa shape index (κ2) is 7.55. The summed E-state index contributed by atoms with van der Waals surface area (Å²) in [5.41, 5.74) is 1.24. The predicted molar refractivity (Wildman–Crippen MR) is 109 cm³/mol. The molecule has 0 fully saturated rings. The Hall–Kier alpha value is -3.66. The molecule has 3 heterocycles. The van der Waals surface area contributed by atoms with E-state index in [9.17, 15) is 13.6 Å². The molecule has 5 rings (SSSR count). The number of nitrogens with zero attached hydrogens (tertiary/aromatic N) is 4. The van der Waals surface area contributed by atoms with Crippen molar-refractivity contribution in [3.8, 4) is 0 Å². The van der Waals surface area contributed by atoms with Gasteiger partial charge in [-0.25, -0.2) is 23.5 Å². The summed E-state index contributed by atoms with van der Waals surface area (Å²) in [6.07, 6.45) is 1.44. The van der Waals surface area contributed by atoms with Crippen LogP contribution in [0.5, 0.6) is 0 Å². The quantitative estimate of drug-likeness (QED) is 0.511. The molecule has 0 amide bonds. The molecule has 2 atom stereocenters. The standard InChI is InChI=1S/C21H18F2N6O2/c1-31-7-6-29-20(24-10-25-29)17-18(11-2-4-12(22)5-3-11)26-15-9-13(23)8-14-16(15)19(17)27-28-21(14)30/h2-5,8-10,17-18,26H,6-7H2,1H3,(H,28,30). The van der Waals surface area contributed by atoms with Gasteiger partial charge in [0.25, 0.3) is 5.56 Å². The number of benzene rings is 2. The Morgan fingerprint density at radius 2 is 1.97 bits per heavy atom. The summed E-state index contributed by atoms with van der Waals surface area (Å²) < 4.78 is 34.7. The molecule has 2 unspecified atom stereocenters. The molecule has 0 spiro atoms. The van der Waals surface area contributed by atoms with Gasteiger partial charge in [-0.15, -0.1) is 0 Å². The summed E-state index contributed by atoms with van der Waals surface area (Å²) >= 11 is 0. The Morgan fingerprint density at radius 3 is 2.74 bits per heavy atom. The molecule has 10 heteroatoms. The number of ether oxygens (including phenoxy) is 1. The van der Waals surface area contributed by atoms with Crippen molar-refractivity contribution in [1.82, 2.24) is 25.0 Å². The van der Waals surface area contributed by atoms with Gasteiger partial charge in [0, 0.05) is 18.2 Å². The van der Waals surface area contributed by atoms with Crippen molar-refractivity contribution < 1.29 is 13.5 Å². The maximum atomic E-state index is 14.3. The van der Waals surface area contributed by atoms with Crippen molar-refractivity contribution in [1.29, 1.82) is 0 Å². The van der Waals surface area contributed by atoms with Gasteiger partial charge in [-0.1, -0.05) is 12.1 Å². The second-order valence-corrected chi connectivity index (χ2v) is 7.30. The van der Waals surface area contributed by atoms with E-state index in [-0.39, 0.29) is 11.2 Å². The molecule has 0 bridgehead atoms. The molecule has 4 aromatic rings. The van der Waals surface area contributed by atoms with Gasteiger partial charge >= 0.3 is 0 Å². The first kappa shape index (κ1) is 19.3. The molecule has 1 aliphatic rings. The van der Waals surface area contributed by atoms with Crippen LogP contribution in [0.1, 0.15) is 29.0 Å². The first-order valence-corrected chi connectivity index (χ1v) is 9.67. The lowest BCUT2D eigenvalue weighted by Crippen LogP contribution is -2.30. The van der Waals surface area contributed by atoms with Crippen molar-refractivity contribution in [2.45, 2.75) is 18.5 Å². The molecule has 1 aliphatic heterocycles. The largest absolute Gasteiger partial charge is 0.383 e. The smallest absolute Gasteiger partial charge is 0.272 e. The molecule has 0 saturated carbocycles. The van der Waals surface area contributed by atoms with E-state index >= 15 is 0 Å².